The fourth-order valence-electron chi connectivity index (χ4n) is 2.50. The van der Waals surface area contributed by atoms with Crippen molar-refractivity contribution < 1.29 is 9.32 Å². The van der Waals surface area contributed by atoms with Gasteiger partial charge in [-0.1, -0.05) is 31.0 Å². The topological polar surface area (TPSA) is 68.0 Å². The Morgan fingerprint density at radius 3 is 3.00 bits per heavy atom. The molecule has 0 saturated heterocycles. The number of carbonyl (C=O) groups excluding carboxylic acids is 1. The van der Waals surface area contributed by atoms with Gasteiger partial charge in [0.05, 0.1) is 27.2 Å². The van der Waals surface area contributed by atoms with Crippen LogP contribution in [0.4, 0.5) is 0 Å². The fraction of sp³-hybridized carbons (Fsp3) is 0.353. The van der Waals surface area contributed by atoms with Gasteiger partial charge in [0.1, 0.15) is 0 Å². The van der Waals surface area contributed by atoms with Crippen LogP contribution < -0.4 is 5.32 Å². The first-order valence-electron chi connectivity index (χ1n) is 7.79. The molecule has 6 heteroatoms. The molecule has 1 amide bonds. The van der Waals surface area contributed by atoms with Gasteiger partial charge in [-0.15, -0.1) is 11.3 Å². The third kappa shape index (κ3) is 3.27. The predicted molar refractivity (Wildman–Crippen MR) is 91.7 cm³/mol. The lowest BCUT2D eigenvalue weighted by Crippen LogP contribution is -2.24. The van der Waals surface area contributed by atoms with Crippen molar-refractivity contribution in [3.8, 4) is 10.6 Å². The maximum Gasteiger partial charge on any atom is 0.259 e. The minimum atomic E-state index is -0.0994. The number of pyridine rings is 1. The fourth-order valence-corrected chi connectivity index (χ4v) is 3.18. The first-order chi connectivity index (χ1) is 11.2. The summed E-state index contributed by atoms with van der Waals surface area (Å²) in [6.45, 7) is 4.64. The van der Waals surface area contributed by atoms with Gasteiger partial charge in [0.2, 0.25) is 0 Å². The number of hydrogen-bond donors (Lipinski definition) is 1. The molecular weight excluding hydrogens is 310 g/mol. The van der Waals surface area contributed by atoms with E-state index in [0.717, 1.165) is 29.8 Å². The average molecular weight is 329 g/mol. The molecule has 0 unspecified atom stereocenters. The van der Waals surface area contributed by atoms with Crippen molar-refractivity contribution in [2.75, 3.05) is 6.54 Å². The van der Waals surface area contributed by atoms with Crippen molar-refractivity contribution in [3.63, 3.8) is 0 Å². The number of carbonyl (C=O) groups is 1. The maximum atomic E-state index is 12.6. The highest BCUT2D eigenvalue weighted by Gasteiger charge is 2.19. The lowest BCUT2D eigenvalue weighted by molar-refractivity contribution is 0.0954. The van der Waals surface area contributed by atoms with Crippen molar-refractivity contribution in [3.05, 3.63) is 34.8 Å². The molecule has 3 aromatic heterocycles. The Labute approximate surface area is 138 Å². The van der Waals surface area contributed by atoms with E-state index >= 15 is 0 Å². The number of nitrogens with zero attached hydrogens (tertiary/aromatic N) is 2. The molecule has 0 aliphatic carbocycles. The van der Waals surface area contributed by atoms with E-state index in [1.165, 1.54) is 0 Å². The minimum Gasteiger partial charge on any atom is -0.352 e. The van der Waals surface area contributed by atoms with E-state index in [2.05, 4.69) is 22.4 Å². The number of rotatable bonds is 6. The first kappa shape index (κ1) is 15.7. The van der Waals surface area contributed by atoms with Crippen LogP contribution in [0, 0.1) is 6.92 Å². The van der Waals surface area contributed by atoms with Crippen LogP contribution in [0.5, 0.6) is 0 Å². The molecule has 0 atom stereocenters. The second-order valence-corrected chi connectivity index (χ2v) is 6.39. The van der Waals surface area contributed by atoms with Crippen LogP contribution in [0.2, 0.25) is 0 Å². The predicted octanol–water partition coefficient (Wildman–Crippen LogP) is 4.18. The van der Waals surface area contributed by atoms with Gasteiger partial charge in [-0.3, -0.25) is 4.79 Å². The Kier molecular flexibility index (Phi) is 4.71. The monoisotopic (exact) mass is 329 g/mol. The van der Waals surface area contributed by atoms with Gasteiger partial charge in [-0.2, -0.15) is 0 Å². The largest absolute Gasteiger partial charge is 0.352 e. The molecule has 0 spiro atoms. The maximum absolute atomic E-state index is 12.6. The summed E-state index contributed by atoms with van der Waals surface area (Å²) in [5.74, 6) is -0.0994. The van der Waals surface area contributed by atoms with E-state index in [-0.39, 0.29) is 5.91 Å². The molecule has 3 aromatic rings. The number of unbranched alkanes of at least 4 members (excludes halogenated alkanes) is 2. The van der Waals surface area contributed by atoms with E-state index in [4.69, 9.17) is 4.52 Å². The molecule has 3 heterocycles. The van der Waals surface area contributed by atoms with E-state index in [1.54, 1.807) is 11.3 Å². The van der Waals surface area contributed by atoms with E-state index in [9.17, 15) is 4.79 Å². The summed E-state index contributed by atoms with van der Waals surface area (Å²) < 4.78 is 5.28. The number of aromatic nitrogens is 2. The third-order valence-corrected chi connectivity index (χ3v) is 4.59. The molecule has 0 aliphatic rings. The standard InChI is InChI=1S/C17H19N3O2S/c1-3-4-5-8-18-16(21)12-10-13(14-7-6-9-23-14)19-17-15(12)11(2)20-22-17/h6-7,9-10H,3-5,8H2,1-2H3,(H,18,21). The number of thiophene rings is 1. The Morgan fingerprint density at radius 1 is 1.39 bits per heavy atom. The summed E-state index contributed by atoms with van der Waals surface area (Å²) in [6.07, 6.45) is 3.22. The average Bonchev–Trinajstić information content (AvgIpc) is 3.21. The van der Waals surface area contributed by atoms with Crippen molar-refractivity contribution in [1.29, 1.82) is 0 Å². The van der Waals surface area contributed by atoms with Crippen molar-refractivity contribution in [2.45, 2.75) is 33.1 Å². The lowest BCUT2D eigenvalue weighted by Gasteiger charge is -2.07. The zero-order chi connectivity index (χ0) is 16.2. The van der Waals surface area contributed by atoms with Gasteiger partial charge in [0, 0.05) is 6.54 Å². The molecular formula is C17H19N3O2S. The molecule has 1 N–H and O–H groups in total. The summed E-state index contributed by atoms with van der Waals surface area (Å²) in [4.78, 5) is 18.1. The third-order valence-electron chi connectivity index (χ3n) is 3.70. The van der Waals surface area contributed by atoms with Crippen LogP contribution in [-0.2, 0) is 0 Å². The first-order valence-corrected chi connectivity index (χ1v) is 8.67. The highest BCUT2D eigenvalue weighted by Crippen LogP contribution is 2.29. The Hall–Kier alpha value is -2.21. The molecule has 120 valence electrons. The van der Waals surface area contributed by atoms with Crippen molar-refractivity contribution >= 4 is 28.3 Å². The van der Waals surface area contributed by atoms with Crippen molar-refractivity contribution in [2.24, 2.45) is 0 Å². The summed E-state index contributed by atoms with van der Waals surface area (Å²) in [7, 11) is 0. The van der Waals surface area contributed by atoms with Crippen LogP contribution >= 0.6 is 11.3 Å². The summed E-state index contributed by atoms with van der Waals surface area (Å²) in [5, 5.41) is 9.62. The van der Waals surface area contributed by atoms with Crippen LogP contribution in [-0.4, -0.2) is 22.6 Å². The van der Waals surface area contributed by atoms with Gasteiger partial charge in [-0.05, 0) is 30.9 Å². The molecule has 0 fully saturated rings. The summed E-state index contributed by atoms with van der Waals surface area (Å²) >= 11 is 1.58. The highest BCUT2D eigenvalue weighted by molar-refractivity contribution is 7.13. The normalized spacial score (nSPS) is 11.0. The number of amides is 1. The Balaban J connectivity index is 1.96. The van der Waals surface area contributed by atoms with Crippen LogP contribution in [0.1, 0.15) is 42.2 Å². The summed E-state index contributed by atoms with van der Waals surface area (Å²) in [5.41, 5.74) is 2.41. The second kappa shape index (κ2) is 6.91. The SMILES string of the molecule is CCCCCNC(=O)c1cc(-c2cccs2)nc2onc(C)c12. The van der Waals surface area contributed by atoms with Gasteiger partial charge in [0.25, 0.3) is 11.6 Å². The van der Waals surface area contributed by atoms with Crippen LogP contribution in [0.25, 0.3) is 21.7 Å². The van der Waals surface area contributed by atoms with Gasteiger partial charge >= 0.3 is 0 Å². The smallest absolute Gasteiger partial charge is 0.259 e. The molecule has 0 bridgehead atoms. The molecule has 0 saturated carbocycles. The summed E-state index contributed by atoms with van der Waals surface area (Å²) in [6, 6.07) is 5.76. The molecule has 0 aliphatic heterocycles. The molecule has 23 heavy (non-hydrogen) atoms. The Morgan fingerprint density at radius 2 is 2.26 bits per heavy atom. The van der Waals surface area contributed by atoms with Gasteiger partial charge in [0.15, 0.2) is 0 Å². The molecule has 5 nitrogen and oxygen atoms in total. The molecule has 0 radical (unpaired) electrons. The quantitative estimate of drug-likeness (QED) is 0.689. The molecule has 3 rings (SSSR count). The van der Waals surface area contributed by atoms with E-state index in [0.29, 0.717) is 28.9 Å². The van der Waals surface area contributed by atoms with Crippen molar-refractivity contribution in [1.82, 2.24) is 15.5 Å². The number of hydrogen-bond acceptors (Lipinski definition) is 5. The molecule has 0 aromatic carbocycles. The number of fused-ring (bicyclic) bond motifs is 1. The van der Waals surface area contributed by atoms with E-state index in [1.807, 2.05) is 30.5 Å². The van der Waals surface area contributed by atoms with E-state index < -0.39 is 0 Å². The second-order valence-electron chi connectivity index (χ2n) is 5.44. The zero-order valence-electron chi connectivity index (χ0n) is 13.3. The lowest BCUT2D eigenvalue weighted by atomic mass is 10.1. The zero-order valence-corrected chi connectivity index (χ0v) is 14.1. The number of nitrogens with one attached hydrogen (secondary N) is 1. The van der Waals surface area contributed by atoms with Gasteiger partial charge in [-0.25, -0.2) is 4.98 Å². The van der Waals surface area contributed by atoms with Gasteiger partial charge < -0.3 is 9.84 Å². The number of aryl methyl sites for hydroxylation is 1. The van der Waals surface area contributed by atoms with Crippen LogP contribution in [0.3, 0.4) is 0 Å². The highest BCUT2D eigenvalue weighted by atomic mass is 32.1. The van der Waals surface area contributed by atoms with Crippen LogP contribution in [0.15, 0.2) is 28.1 Å². The minimum absolute atomic E-state index is 0.0994. The Bertz CT molecular complexity index is 809.